The number of ether oxygens (including phenoxy) is 1. The van der Waals surface area contributed by atoms with Crippen molar-refractivity contribution in [3.05, 3.63) is 52.6 Å². The minimum atomic E-state index is -0.529. The Bertz CT molecular complexity index is 1140. The highest BCUT2D eigenvalue weighted by Crippen LogP contribution is 2.53. The van der Waals surface area contributed by atoms with E-state index >= 15 is 0 Å². The first-order chi connectivity index (χ1) is 17.0. The molecule has 4 aliphatic rings. The summed E-state index contributed by atoms with van der Waals surface area (Å²) in [4.78, 5) is 28.4. The van der Waals surface area contributed by atoms with Crippen molar-refractivity contribution in [2.75, 3.05) is 6.54 Å². The molecule has 2 bridgehead atoms. The predicted octanol–water partition coefficient (Wildman–Crippen LogP) is 4.88. The number of halogens is 1. The summed E-state index contributed by atoms with van der Waals surface area (Å²) in [6.45, 7) is 9.45. The second-order valence-corrected chi connectivity index (χ2v) is 12.0. The van der Waals surface area contributed by atoms with Crippen LogP contribution in [-0.2, 0) is 29.0 Å². The average Bonchev–Trinajstić information content (AvgIpc) is 3.14. The number of alkyl carbamates (subject to hydrolysis) is 1. The molecule has 1 aromatic carbocycles. The van der Waals surface area contributed by atoms with Crippen LogP contribution in [0.15, 0.2) is 24.3 Å². The lowest BCUT2D eigenvalue weighted by atomic mass is 9.56. The van der Waals surface area contributed by atoms with Gasteiger partial charge in [0.25, 0.3) is 0 Å². The van der Waals surface area contributed by atoms with Crippen LogP contribution in [0.5, 0.6) is 0 Å². The van der Waals surface area contributed by atoms with Gasteiger partial charge in [-0.15, -0.1) is 0 Å². The van der Waals surface area contributed by atoms with Crippen LogP contribution in [0.4, 0.5) is 9.18 Å². The number of carbonyl (C=O) groups is 2. The lowest BCUT2D eigenvalue weighted by Gasteiger charge is -2.53. The molecule has 2 aromatic rings. The zero-order valence-corrected chi connectivity index (χ0v) is 21.8. The van der Waals surface area contributed by atoms with Crippen LogP contribution in [0.3, 0.4) is 0 Å². The fourth-order valence-corrected chi connectivity index (χ4v) is 6.29. The number of nitrogens with zero attached hydrogens (tertiary/aromatic N) is 3. The van der Waals surface area contributed by atoms with E-state index in [9.17, 15) is 14.0 Å². The number of hydrogen-bond acceptors (Lipinski definition) is 4. The molecular weight excluding hydrogens is 459 g/mol. The normalized spacial score (nSPS) is 25.4. The van der Waals surface area contributed by atoms with Crippen molar-refractivity contribution in [3.63, 3.8) is 0 Å². The van der Waals surface area contributed by atoms with E-state index in [0.717, 1.165) is 61.9 Å². The topological polar surface area (TPSA) is 76.5 Å². The first-order valence-electron chi connectivity index (χ1n) is 13.1. The Morgan fingerprint density at radius 2 is 1.72 bits per heavy atom. The number of fused-ring (bicyclic) bond motifs is 4. The Labute approximate surface area is 212 Å². The highest BCUT2D eigenvalue weighted by Gasteiger charge is 2.54. The van der Waals surface area contributed by atoms with Gasteiger partial charge >= 0.3 is 6.09 Å². The lowest BCUT2D eigenvalue weighted by Crippen LogP contribution is -2.60. The summed E-state index contributed by atoms with van der Waals surface area (Å²) in [5.74, 6) is -0.00960. The van der Waals surface area contributed by atoms with Crippen molar-refractivity contribution < 1.29 is 18.7 Å². The van der Waals surface area contributed by atoms with E-state index in [1.807, 2.05) is 37.3 Å². The van der Waals surface area contributed by atoms with Crippen molar-refractivity contribution >= 4 is 12.0 Å². The number of amides is 2. The lowest BCUT2D eigenvalue weighted by molar-refractivity contribution is -0.150. The molecule has 36 heavy (non-hydrogen) atoms. The maximum atomic E-state index is 13.9. The SMILES string of the molecule is Cc1nn(Cc2ccc(F)cc2)c2c1CCN(C(=O)C13CCC(NC(=O)OC(C)(C)C)(CC1)CC3)C2. The van der Waals surface area contributed by atoms with Gasteiger partial charge in [-0.3, -0.25) is 9.48 Å². The van der Waals surface area contributed by atoms with Gasteiger partial charge in [0, 0.05) is 17.5 Å². The molecule has 0 atom stereocenters. The number of rotatable bonds is 4. The molecule has 0 unspecified atom stereocenters. The Morgan fingerprint density at radius 3 is 2.33 bits per heavy atom. The number of hydrogen-bond donors (Lipinski definition) is 1. The Hall–Kier alpha value is -2.90. The van der Waals surface area contributed by atoms with Gasteiger partial charge in [0.2, 0.25) is 5.91 Å². The van der Waals surface area contributed by atoms with Gasteiger partial charge < -0.3 is 15.0 Å². The van der Waals surface area contributed by atoms with E-state index in [4.69, 9.17) is 9.84 Å². The zero-order chi connectivity index (χ0) is 25.7. The molecule has 3 aliphatic carbocycles. The number of benzene rings is 1. The monoisotopic (exact) mass is 496 g/mol. The van der Waals surface area contributed by atoms with Gasteiger partial charge in [0.1, 0.15) is 11.4 Å². The smallest absolute Gasteiger partial charge is 0.408 e. The van der Waals surface area contributed by atoms with E-state index < -0.39 is 5.60 Å². The molecule has 2 heterocycles. The van der Waals surface area contributed by atoms with Crippen molar-refractivity contribution in [1.29, 1.82) is 0 Å². The Balaban J connectivity index is 1.26. The summed E-state index contributed by atoms with van der Waals surface area (Å²) in [6.07, 6.45) is 5.22. The molecule has 1 aliphatic heterocycles. The van der Waals surface area contributed by atoms with Crippen LogP contribution in [-0.4, -0.2) is 44.4 Å². The maximum absolute atomic E-state index is 13.9. The van der Waals surface area contributed by atoms with Crippen LogP contribution in [0.2, 0.25) is 0 Å². The highest BCUT2D eigenvalue weighted by atomic mass is 19.1. The third-order valence-electron chi connectivity index (χ3n) is 8.34. The fraction of sp³-hybridized carbons (Fsp3) is 0.607. The molecule has 6 rings (SSSR count). The van der Waals surface area contributed by atoms with Gasteiger partial charge in [0.05, 0.1) is 24.5 Å². The van der Waals surface area contributed by atoms with Gasteiger partial charge in [0.15, 0.2) is 0 Å². The highest BCUT2D eigenvalue weighted by molar-refractivity contribution is 5.83. The number of aromatic nitrogens is 2. The minimum Gasteiger partial charge on any atom is -0.444 e. The number of carbonyl (C=O) groups excluding carboxylic acids is 2. The third-order valence-corrected chi connectivity index (χ3v) is 8.34. The summed E-state index contributed by atoms with van der Waals surface area (Å²) in [5, 5.41) is 7.90. The minimum absolute atomic E-state index is 0.242. The van der Waals surface area contributed by atoms with E-state index in [2.05, 4.69) is 5.32 Å². The summed E-state index contributed by atoms with van der Waals surface area (Å²) in [7, 11) is 0. The standard InChI is InChI=1S/C28H37FN4O3/c1-19-22-9-16-32(18-23(22)33(31-19)17-20-5-7-21(29)8-6-20)24(34)27-10-13-28(14-11-27,15-12-27)30-25(35)36-26(2,3)4/h5-8H,9-18H2,1-4H3,(H,30,35). The van der Waals surface area contributed by atoms with E-state index in [1.165, 1.54) is 17.7 Å². The van der Waals surface area contributed by atoms with Crippen LogP contribution >= 0.6 is 0 Å². The Morgan fingerprint density at radius 1 is 1.08 bits per heavy atom. The average molecular weight is 497 g/mol. The second kappa shape index (κ2) is 8.89. The molecular formula is C28H37FN4O3. The van der Waals surface area contributed by atoms with Crippen molar-refractivity contribution in [3.8, 4) is 0 Å². The number of nitrogens with one attached hydrogen (secondary N) is 1. The molecule has 194 valence electrons. The first kappa shape index (κ1) is 24.8. The van der Waals surface area contributed by atoms with Gasteiger partial charge in [-0.05, 0) is 95.9 Å². The van der Waals surface area contributed by atoms with E-state index in [-0.39, 0.29) is 28.8 Å². The van der Waals surface area contributed by atoms with Crippen molar-refractivity contribution in [2.45, 2.75) is 96.9 Å². The fourth-order valence-electron chi connectivity index (χ4n) is 6.29. The molecule has 2 amide bonds. The maximum Gasteiger partial charge on any atom is 0.408 e. The summed E-state index contributed by atoms with van der Waals surface area (Å²) < 4.78 is 20.8. The molecule has 3 fully saturated rings. The van der Waals surface area contributed by atoms with Crippen LogP contribution < -0.4 is 5.32 Å². The van der Waals surface area contributed by atoms with E-state index in [1.54, 1.807) is 12.1 Å². The first-order valence-corrected chi connectivity index (χ1v) is 13.1. The molecule has 1 N–H and O–H groups in total. The van der Waals surface area contributed by atoms with Gasteiger partial charge in [-0.25, -0.2) is 9.18 Å². The summed E-state index contributed by atoms with van der Waals surface area (Å²) in [6, 6.07) is 6.50. The number of aryl methyl sites for hydroxylation is 1. The largest absolute Gasteiger partial charge is 0.444 e. The zero-order valence-electron chi connectivity index (χ0n) is 21.8. The van der Waals surface area contributed by atoms with E-state index in [0.29, 0.717) is 19.6 Å². The van der Waals surface area contributed by atoms with Crippen molar-refractivity contribution in [1.82, 2.24) is 20.0 Å². The molecule has 0 spiro atoms. The van der Waals surface area contributed by atoms with Gasteiger partial charge in [-0.1, -0.05) is 12.1 Å². The van der Waals surface area contributed by atoms with Crippen LogP contribution in [0, 0.1) is 18.2 Å². The van der Waals surface area contributed by atoms with Crippen molar-refractivity contribution in [2.24, 2.45) is 5.41 Å². The molecule has 8 heteroatoms. The molecule has 0 saturated heterocycles. The van der Waals surface area contributed by atoms with Gasteiger partial charge in [-0.2, -0.15) is 5.10 Å². The molecule has 1 aromatic heterocycles. The molecule has 3 saturated carbocycles. The second-order valence-electron chi connectivity index (χ2n) is 12.0. The van der Waals surface area contributed by atoms with Crippen LogP contribution in [0.25, 0.3) is 0 Å². The summed E-state index contributed by atoms with van der Waals surface area (Å²) >= 11 is 0. The Kier molecular flexibility index (Phi) is 6.12. The quantitative estimate of drug-likeness (QED) is 0.655. The molecule has 7 nitrogen and oxygen atoms in total. The van der Waals surface area contributed by atoms with Crippen LogP contribution in [0.1, 0.15) is 81.8 Å². The predicted molar refractivity (Wildman–Crippen MR) is 134 cm³/mol. The molecule has 0 radical (unpaired) electrons. The summed E-state index contributed by atoms with van der Waals surface area (Å²) in [5.41, 5.74) is 3.17. The third kappa shape index (κ3) is 4.74.